The number of furan rings is 1. The molecule has 0 spiro atoms. The average Bonchev–Trinajstić information content (AvgIpc) is 2.52. The zero-order chi connectivity index (χ0) is 10.6. The Morgan fingerprint density at radius 1 is 1.57 bits per heavy atom. The van der Waals surface area contributed by atoms with E-state index in [2.05, 4.69) is 6.07 Å². The molecule has 0 fully saturated rings. The molecule has 1 rings (SSSR count). The SMILES string of the molecule is Cc1occc1SCCC(C)(C)C#N. The van der Waals surface area contributed by atoms with Crippen LogP contribution in [0.15, 0.2) is 21.6 Å². The number of nitriles is 1. The van der Waals surface area contributed by atoms with E-state index in [1.54, 1.807) is 18.0 Å². The lowest BCUT2D eigenvalue weighted by molar-refractivity contribution is 0.482. The minimum Gasteiger partial charge on any atom is -0.468 e. The molecule has 0 radical (unpaired) electrons. The molecule has 0 saturated carbocycles. The van der Waals surface area contributed by atoms with Gasteiger partial charge in [0, 0.05) is 4.90 Å². The Hall–Kier alpha value is -0.880. The first-order valence-corrected chi connectivity index (χ1v) is 5.62. The van der Waals surface area contributed by atoms with Gasteiger partial charge in [-0.1, -0.05) is 0 Å². The molecule has 0 unspecified atom stereocenters. The van der Waals surface area contributed by atoms with Gasteiger partial charge in [0.05, 0.1) is 17.7 Å². The molecule has 0 aliphatic carbocycles. The summed E-state index contributed by atoms with van der Waals surface area (Å²) in [5.41, 5.74) is -0.218. The van der Waals surface area contributed by atoms with Crippen molar-refractivity contribution in [2.75, 3.05) is 5.75 Å². The van der Waals surface area contributed by atoms with Crippen LogP contribution in [0.4, 0.5) is 0 Å². The van der Waals surface area contributed by atoms with E-state index >= 15 is 0 Å². The van der Waals surface area contributed by atoms with Gasteiger partial charge in [0.25, 0.3) is 0 Å². The minimum absolute atomic E-state index is 0.218. The highest BCUT2D eigenvalue weighted by atomic mass is 32.2. The summed E-state index contributed by atoms with van der Waals surface area (Å²) in [5.74, 6) is 1.92. The Labute approximate surface area is 89.3 Å². The van der Waals surface area contributed by atoms with Crippen molar-refractivity contribution in [2.24, 2.45) is 5.41 Å². The second-order valence-corrected chi connectivity index (χ2v) is 5.07. The summed E-state index contributed by atoms with van der Waals surface area (Å²) in [6.07, 6.45) is 2.60. The Morgan fingerprint density at radius 2 is 2.29 bits per heavy atom. The Bertz CT molecular complexity index is 335. The predicted octanol–water partition coefficient (Wildman–Crippen LogP) is 3.62. The van der Waals surface area contributed by atoms with Crippen LogP contribution in [0, 0.1) is 23.7 Å². The summed E-state index contributed by atoms with van der Waals surface area (Å²) in [6, 6.07) is 4.27. The number of rotatable bonds is 4. The Morgan fingerprint density at radius 3 is 2.79 bits per heavy atom. The van der Waals surface area contributed by atoms with Gasteiger partial charge in [-0.25, -0.2) is 0 Å². The van der Waals surface area contributed by atoms with Crippen LogP contribution in [0.25, 0.3) is 0 Å². The molecule has 3 heteroatoms. The molecule has 76 valence electrons. The van der Waals surface area contributed by atoms with Crippen molar-refractivity contribution in [1.29, 1.82) is 5.26 Å². The predicted molar refractivity (Wildman–Crippen MR) is 58.2 cm³/mol. The highest BCUT2D eigenvalue weighted by molar-refractivity contribution is 7.99. The smallest absolute Gasteiger partial charge is 0.114 e. The molecule has 0 amide bonds. The molecule has 2 nitrogen and oxygen atoms in total. The van der Waals surface area contributed by atoms with Crippen LogP contribution in [0.3, 0.4) is 0 Å². The van der Waals surface area contributed by atoms with Crippen LogP contribution < -0.4 is 0 Å². The van der Waals surface area contributed by atoms with Crippen molar-refractivity contribution in [3.05, 3.63) is 18.1 Å². The lowest BCUT2D eigenvalue weighted by Crippen LogP contribution is -2.08. The first-order valence-electron chi connectivity index (χ1n) is 4.63. The number of thioether (sulfide) groups is 1. The van der Waals surface area contributed by atoms with Crippen LogP contribution in [-0.4, -0.2) is 5.75 Å². The third-order valence-electron chi connectivity index (χ3n) is 2.10. The molecule has 1 aromatic rings. The number of hydrogen-bond donors (Lipinski definition) is 0. The maximum atomic E-state index is 8.83. The van der Waals surface area contributed by atoms with Crippen LogP contribution >= 0.6 is 11.8 Å². The quantitative estimate of drug-likeness (QED) is 0.711. The molecule has 0 saturated heterocycles. The molecule has 1 aromatic heterocycles. The Balaban J connectivity index is 2.37. The van der Waals surface area contributed by atoms with E-state index in [4.69, 9.17) is 9.68 Å². The van der Waals surface area contributed by atoms with Gasteiger partial charge in [-0.3, -0.25) is 0 Å². The van der Waals surface area contributed by atoms with Crippen LogP contribution in [-0.2, 0) is 0 Å². The monoisotopic (exact) mass is 209 g/mol. The van der Waals surface area contributed by atoms with Gasteiger partial charge in [0.2, 0.25) is 0 Å². The van der Waals surface area contributed by atoms with E-state index in [1.165, 1.54) is 4.90 Å². The molecule has 0 N–H and O–H groups in total. The fraction of sp³-hybridized carbons (Fsp3) is 0.545. The van der Waals surface area contributed by atoms with Crippen molar-refractivity contribution in [2.45, 2.75) is 32.1 Å². The molecule has 0 aliphatic rings. The Kier molecular flexibility index (Phi) is 3.65. The van der Waals surface area contributed by atoms with Gasteiger partial charge >= 0.3 is 0 Å². The number of nitrogens with zero attached hydrogens (tertiary/aromatic N) is 1. The molecule has 1 heterocycles. The third-order valence-corrected chi connectivity index (χ3v) is 3.24. The van der Waals surface area contributed by atoms with Gasteiger partial charge in [-0.15, -0.1) is 11.8 Å². The summed E-state index contributed by atoms with van der Waals surface area (Å²) in [4.78, 5) is 1.18. The van der Waals surface area contributed by atoms with Gasteiger partial charge in [0.1, 0.15) is 5.76 Å². The van der Waals surface area contributed by atoms with Crippen molar-refractivity contribution >= 4 is 11.8 Å². The summed E-state index contributed by atoms with van der Waals surface area (Å²) in [7, 11) is 0. The van der Waals surface area contributed by atoms with Crippen molar-refractivity contribution < 1.29 is 4.42 Å². The summed E-state index contributed by atoms with van der Waals surface area (Å²) >= 11 is 1.75. The fourth-order valence-electron chi connectivity index (χ4n) is 0.995. The van der Waals surface area contributed by atoms with Crippen molar-refractivity contribution in [3.8, 4) is 6.07 Å². The normalized spacial score (nSPS) is 11.3. The molecule has 0 aromatic carbocycles. The van der Waals surface area contributed by atoms with E-state index in [9.17, 15) is 0 Å². The topological polar surface area (TPSA) is 36.9 Å². The first kappa shape index (κ1) is 11.2. The van der Waals surface area contributed by atoms with Crippen LogP contribution in [0.5, 0.6) is 0 Å². The largest absolute Gasteiger partial charge is 0.468 e. The summed E-state index contributed by atoms with van der Waals surface area (Å²) in [5, 5.41) is 8.83. The molecule has 0 aliphatic heterocycles. The van der Waals surface area contributed by atoms with E-state index in [-0.39, 0.29) is 5.41 Å². The second-order valence-electron chi connectivity index (χ2n) is 3.94. The molecule has 0 bridgehead atoms. The van der Waals surface area contributed by atoms with E-state index < -0.39 is 0 Å². The minimum atomic E-state index is -0.218. The third kappa shape index (κ3) is 3.12. The highest BCUT2D eigenvalue weighted by Gasteiger charge is 2.16. The van der Waals surface area contributed by atoms with Gasteiger partial charge < -0.3 is 4.42 Å². The fourth-order valence-corrected chi connectivity index (χ4v) is 2.23. The zero-order valence-electron chi connectivity index (χ0n) is 8.83. The lowest BCUT2D eigenvalue weighted by atomic mass is 9.93. The van der Waals surface area contributed by atoms with Gasteiger partial charge in [-0.05, 0) is 39.0 Å². The number of hydrogen-bond acceptors (Lipinski definition) is 3. The maximum Gasteiger partial charge on any atom is 0.114 e. The zero-order valence-corrected chi connectivity index (χ0v) is 9.65. The molecular weight excluding hydrogens is 194 g/mol. The van der Waals surface area contributed by atoms with Gasteiger partial charge in [0.15, 0.2) is 0 Å². The van der Waals surface area contributed by atoms with E-state index in [0.29, 0.717) is 0 Å². The van der Waals surface area contributed by atoms with E-state index in [1.807, 2.05) is 26.8 Å². The molecular formula is C11H15NOS. The van der Waals surface area contributed by atoms with Crippen molar-refractivity contribution in [3.63, 3.8) is 0 Å². The lowest BCUT2D eigenvalue weighted by Gasteiger charge is -2.13. The maximum absolute atomic E-state index is 8.83. The molecule has 14 heavy (non-hydrogen) atoms. The van der Waals surface area contributed by atoms with Gasteiger partial charge in [-0.2, -0.15) is 5.26 Å². The van der Waals surface area contributed by atoms with Crippen molar-refractivity contribution in [1.82, 2.24) is 0 Å². The van der Waals surface area contributed by atoms with E-state index in [0.717, 1.165) is 17.9 Å². The standard InChI is InChI=1S/C11H15NOS/c1-9-10(4-6-13-9)14-7-5-11(2,3)8-12/h4,6H,5,7H2,1-3H3. The van der Waals surface area contributed by atoms with Crippen LogP contribution in [0.2, 0.25) is 0 Å². The molecule has 0 atom stereocenters. The number of aryl methyl sites for hydroxylation is 1. The van der Waals surface area contributed by atoms with Crippen LogP contribution in [0.1, 0.15) is 26.0 Å². The average molecular weight is 209 g/mol. The highest BCUT2D eigenvalue weighted by Crippen LogP contribution is 2.28. The second kappa shape index (κ2) is 4.56. The summed E-state index contributed by atoms with van der Waals surface area (Å²) in [6.45, 7) is 5.89. The first-order chi connectivity index (χ1) is 6.55. The summed E-state index contributed by atoms with van der Waals surface area (Å²) < 4.78 is 5.19.